The second kappa shape index (κ2) is 8.16. The minimum Gasteiger partial charge on any atom is -0.338 e. The summed E-state index contributed by atoms with van der Waals surface area (Å²) in [5, 5.41) is 10.1. The summed E-state index contributed by atoms with van der Waals surface area (Å²) in [6.07, 6.45) is 3.15. The van der Waals surface area contributed by atoms with Gasteiger partial charge in [0.25, 0.3) is 5.91 Å². The SMILES string of the molecule is Cc1cc(Nc2ccnc(CC3CCN(C(=O)c4cccc(Cl)c4F)C3)n2)n[nH]1. The molecule has 2 N–H and O–H groups in total. The zero-order valence-corrected chi connectivity index (χ0v) is 16.6. The molecular weight excluding hydrogens is 395 g/mol. The van der Waals surface area contributed by atoms with Gasteiger partial charge in [-0.05, 0) is 37.5 Å². The third kappa shape index (κ3) is 4.37. The molecule has 1 fully saturated rings. The van der Waals surface area contributed by atoms with E-state index in [2.05, 4.69) is 25.5 Å². The molecule has 0 radical (unpaired) electrons. The first-order valence-electron chi connectivity index (χ1n) is 9.34. The van der Waals surface area contributed by atoms with Crippen molar-refractivity contribution in [3.8, 4) is 0 Å². The molecule has 0 saturated carbocycles. The number of rotatable bonds is 5. The Morgan fingerprint density at radius 3 is 3.03 bits per heavy atom. The highest BCUT2D eigenvalue weighted by atomic mass is 35.5. The van der Waals surface area contributed by atoms with E-state index in [1.165, 1.54) is 12.1 Å². The van der Waals surface area contributed by atoms with E-state index in [1.807, 2.05) is 13.0 Å². The molecule has 4 rings (SSSR count). The van der Waals surface area contributed by atoms with Crippen molar-refractivity contribution >= 4 is 29.1 Å². The average Bonchev–Trinajstić information content (AvgIpc) is 3.33. The number of likely N-dealkylation sites (tertiary alicyclic amines) is 1. The summed E-state index contributed by atoms with van der Waals surface area (Å²) in [6.45, 7) is 3.02. The molecule has 0 bridgehead atoms. The van der Waals surface area contributed by atoms with Crippen LogP contribution >= 0.6 is 11.6 Å². The van der Waals surface area contributed by atoms with Crippen molar-refractivity contribution in [1.82, 2.24) is 25.1 Å². The van der Waals surface area contributed by atoms with E-state index in [-0.39, 0.29) is 22.4 Å². The van der Waals surface area contributed by atoms with Crippen LogP contribution in [0.1, 0.15) is 28.3 Å². The molecule has 9 heteroatoms. The van der Waals surface area contributed by atoms with Crippen molar-refractivity contribution in [3.63, 3.8) is 0 Å². The number of amides is 1. The van der Waals surface area contributed by atoms with Crippen molar-refractivity contribution in [1.29, 1.82) is 0 Å². The van der Waals surface area contributed by atoms with Crippen LogP contribution in [0.5, 0.6) is 0 Å². The van der Waals surface area contributed by atoms with Gasteiger partial charge in [0.1, 0.15) is 11.6 Å². The lowest BCUT2D eigenvalue weighted by Crippen LogP contribution is -2.29. The van der Waals surface area contributed by atoms with Gasteiger partial charge in [0, 0.05) is 37.5 Å². The van der Waals surface area contributed by atoms with Crippen LogP contribution in [-0.2, 0) is 6.42 Å². The second-order valence-corrected chi connectivity index (χ2v) is 7.54. The Labute approximate surface area is 172 Å². The van der Waals surface area contributed by atoms with E-state index in [0.717, 1.165) is 12.1 Å². The van der Waals surface area contributed by atoms with Crippen molar-refractivity contribution in [3.05, 3.63) is 64.5 Å². The number of halogens is 2. The first-order chi connectivity index (χ1) is 14.0. The van der Waals surface area contributed by atoms with Crippen LogP contribution in [0.2, 0.25) is 5.02 Å². The third-order valence-corrected chi connectivity index (χ3v) is 5.19. The number of carbonyl (C=O) groups excluding carboxylic acids is 1. The van der Waals surface area contributed by atoms with Crippen LogP contribution in [-0.4, -0.2) is 44.1 Å². The molecule has 7 nitrogen and oxygen atoms in total. The van der Waals surface area contributed by atoms with Crippen LogP contribution in [0.3, 0.4) is 0 Å². The van der Waals surface area contributed by atoms with Crippen LogP contribution in [0.4, 0.5) is 16.0 Å². The maximum absolute atomic E-state index is 14.2. The number of nitrogens with one attached hydrogen (secondary N) is 2. The molecule has 1 aliphatic rings. The molecule has 1 saturated heterocycles. The average molecular weight is 415 g/mol. The first-order valence-corrected chi connectivity index (χ1v) is 9.71. The standard InChI is InChI=1S/C20H20ClFN6O/c1-12-9-18(27-26-12)25-16-5-7-23-17(24-16)10-13-6-8-28(11-13)20(29)14-3-2-4-15(21)19(14)22/h2-5,7,9,13H,6,8,10-11H2,1H3,(H2,23,24,25,26,27). The van der Waals surface area contributed by atoms with Crippen molar-refractivity contribution in [2.75, 3.05) is 18.4 Å². The van der Waals surface area contributed by atoms with E-state index < -0.39 is 5.82 Å². The fourth-order valence-corrected chi connectivity index (χ4v) is 3.64. The minimum atomic E-state index is -0.668. The van der Waals surface area contributed by atoms with Crippen LogP contribution in [0.25, 0.3) is 0 Å². The van der Waals surface area contributed by atoms with Crippen LogP contribution in [0, 0.1) is 18.7 Å². The predicted octanol–water partition coefficient (Wildman–Crippen LogP) is 3.75. The lowest BCUT2D eigenvalue weighted by Gasteiger charge is -2.17. The predicted molar refractivity (Wildman–Crippen MR) is 108 cm³/mol. The summed E-state index contributed by atoms with van der Waals surface area (Å²) in [7, 11) is 0. The normalized spacial score (nSPS) is 16.2. The monoisotopic (exact) mass is 414 g/mol. The number of benzene rings is 1. The molecule has 1 amide bonds. The molecule has 3 aromatic rings. The summed E-state index contributed by atoms with van der Waals surface area (Å²) in [5.74, 6) is 1.25. The fourth-order valence-electron chi connectivity index (χ4n) is 3.46. The molecule has 150 valence electrons. The molecule has 1 aliphatic heterocycles. The second-order valence-electron chi connectivity index (χ2n) is 7.13. The highest BCUT2D eigenvalue weighted by Gasteiger charge is 2.29. The molecule has 0 spiro atoms. The summed E-state index contributed by atoms with van der Waals surface area (Å²) in [6, 6.07) is 8.14. The van der Waals surface area contributed by atoms with Gasteiger partial charge in [0.15, 0.2) is 11.6 Å². The van der Waals surface area contributed by atoms with Gasteiger partial charge in [-0.25, -0.2) is 14.4 Å². The van der Waals surface area contributed by atoms with Gasteiger partial charge in [-0.3, -0.25) is 9.89 Å². The van der Waals surface area contributed by atoms with Gasteiger partial charge in [-0.2, -0.15) is 5.10 Å². The Balaban J connectivity index is 1.39. The first kappa shape index (κ1) is 19.3. The molecule has 1 aromatic carbocycles. The van der Waals surface area contributed by atoms with Gasteiger partial charge in [0.2, 0.25) is 0 Å². The summed E-state index contributed by atoms with van der Waals surface area (Å²) in [5.41, 5.74) is 0.962. The van der Waals surface area contributed by atoms with Crippen molar-refractivity contribution in [2.24, 2.45) is 5.92 Å². The Bertz CT molecular complexity index is 1040. The zero-order chi connectivity index (χ0) is 20.4. The van der Waals surface area contributed by atoms with Crippen LogP contribution in [0.15, 0.2) is 36.5 Å². The van der Waals surface area contributed by atoms with Gasteiger partial charge < -0.3 is 10.2 Å². The lowest BCUT2D eigenvalue weighted by molar-refractivity contribution is 0.0782. The van der Waals surface area contributed by atoms with E-state index in [0.29, 0.717) is 37.0 Å². The van der Waals surface area contributed by atoms with Gasteiger partial charge in [-0.1, -0.05) is 17.7 Å². The summed E-state index contributed by atoms with van der Waals surface area (Å²) < 4.78 is 14.2. The maximum atomic E-state index is 14.2. The topological polar surface area (TPSA) is 86.8 Å². The van der Waals surface area contributed by atoms with Gasteiger partial charge in [0.05, 0.1) is 10.6 Å². The third-order valence-electron chi connectivity index (χ3n) is 4.89. The Morgan fingerprint density at radius 2 is 2.24 bits per heavy atom. The molecule has 0 aliphatic carbocycles. The molecule has 2 aromatic heterocycles. The number of H-pyrrole nitrogens is 1. The Hall–Kier alpha value is -3.00. The van der Waals surface area contributed by atoms with E-state index in [1.54, 1.807) is 23.2 Å². The maximum Gasteiger partial charge on any atom is 0.256 e. The van der Waals surface area contributed by atoms with E-state index in [9.17, 15) is 9.18 Å². The molecular formula is C20H20ClFN6O. The van der Waals surface area contributed by atoms with Crippen LogP contribution < -0.4 is 5.32 Å². The van der Waals surface area contributed by atoms with Crippen molar-refractivity contribution < 1.29 is 9.18 Å². The zero-order valence-electron chi connectivity index (χ0n) is 15.8. The number of hydrogen-bond acceptors (Lipinski definition) is 5. The highest BCUT2D eigenvalue weighted by Crippen LogP contribution is 2.25. The Kier molecular flexibility index (Phi) is 5.44. The van der Waals surface area contributed by atoms with E-state index >= 15 is 0 Å². The largest absolute Gasteiger partial charge is 0.338 e. The van der Waals surface area contributed by atoms with E-state index in [4.69, 9.17) is 11.6 Å². The highest BCUT2D eigenvalue weighted by molar-refractivity contribution is 6.31. The molecule has 1 unspecified atom stereocenters. The van der Waals surface area contributed by atoms with Crippen molar-refractivity contribution in [2.45, 2.75) is 19.8 Å². The number of aryl methyl sites for hydroxylation is 1. The fraction of sp³-hybridized carbons (Fsp3) is 0.300. The number of anilines is 2. The number of nitrogens with zero attached hydrogens (tertiary/aromatic N) is 4. The molecule has 29 heavy (non-hydrogen) atoms. The lowest BCUT2D eigenvalue weighted by atomic mass is 10.0. The smallest absolute Gasteiger partial charge is 0.256 e. The summed E-state index contributed by atoms with van der Waals surface area (Å²) in [4.78, 5) is 23.2. The van der Waals surface area contributed by atoms with Gasteiger partial charge in [-0.15, -0.1) is 0 Å². The Morgan fingerprint density at radius 1 is 1.38 bits per heavy atom. The molecule has 3 heterocycles. The quantitative estimate of drug-likeness (QED) is 0.664. The number of carbonyl (C=O) groups is 1. The number of hydrogen-bond donors (Lipinski definition) is 2. The number of aromatic nitrogens is 4. The summed E-state index contributed by atoms with van der Waals surface area (Å²) >= 11 is 5.80. The number of aromatic amines is 1. The molecule has 1 atom stereocenters. The van der Waals surface area contributed by atoms with Gasteiger partial charge >= 0.3 is 0 Å². The minimum absolute atomic E-state index is 0.00916.